The summed E-state index contributed by atoms with van der Waals surface area (Å²) in [7, 11) is 0. The van der Waals surface area contributed by atoms with Crippen molar-refractivity contribution < 1.29 is 0 Å². The van der Waals surface area contributed by atoms with Gasteiger partial charge in [0, 0.05) is 35.9 Å². The Balaban J connectivity index is 2.13. The van der Waals surface area contributed by atoms with Gasteiger partial charge in [0.25, 0.3) is 0 Å². The van der Waals surface area contributed by atoms with Crippen LogP contribution in [0.4, 0.5) is 0 Å². The molecule has 0 amide bonds. The van der Waals surface area contributed by atoms with Crippen molar-refractivity contribution in [1.82, 2.24) is 9.55 Å². The monoisotopic (exact) mass is 279 g/mol. The normalized spacial score (nSPS) is 12.6. The van der Waals surface area contributed by atoms with Gasteiger partial charge in [-0.2, -0.15) is 0 Å². The zero-order chi connectivity index (χ0) is 11.4. The minimum atomic E-state index is 0.335. The van der Waals surface area contributed by atoms with Gasteiger partial charge >= 0.3 is 0 Å². The van der Waals surface area contributed by atoms with Crippen molar-refractivity contribution in [2.24, 2.45) is 5.73 Å². The van der Waals surface area contributed by atoms with Crippen LogP contribution in [0.2, 0.25) is 0 Å². The smallest absolute Gasteiger partial charge is 0.0946 e. The number of hydrogen-bond acceptors (Lipinski definition) is 2. The second kappa shape index (κ2) is 5.27. The Bertz CT molecular complexity index is 422. The van der Waals surface area contributed by atoms with Gasteiger partial charge in [0.05, 0.1) is 6.33 Å². The van der Waals surface area contributed by atoms with Crippen LogP contribution in [0.15, 0.2) is 47.5 Å². The minimum absolute atomic E-state index is 0.335. The molecule has 4 heteroatoms. The summed E-state index contributed by atoms with van der Waals surface area (Å²) in [4.78, 5) is 4.03. The SMILES string of the molecule is NCC(Cn1ccnc1)c1ccc(Br)cc1. The highest BCUT2D eigenvalue weighted by Crippen LogP contribution is 2.19. The standard InChI is InChI=1S/C12H14BrN3/c13-12-3-1-10(2-4-12)11(7-14)8-16-6-5-15-9-16/h1-6,9,11H,7-8,14H2. The fraction of sp³-hybridized carbons (Fsp3) is 0.250. The Morgan fingerprint density at radius 1 is 1.31 bits per heavy atom. The second-order valence-corrected chi connectivity index (χ2v) is 4.66. The lowest BCUT2D eigenvalue weighted by Crippen LogP contribution is -2.17. The summed E-state index contributed by atoms with van der Waals surface area (Å²) in [6.45, 7) is 1.51. The number of nitrogens with zero attached hydrogens (tertiary/aromatic N) is 2. The van der Waals surface area contributed by atoms with Crippen LogP contribution < -0.4 is 5.73 Å². The van der Waals surface area contributed by atoms with Crippen molar-refractivity contribution in [1.29, 1.82) is 0 Å². The Kier molecular flexibility index (Phi) is 3.74. The predicted octanol–water partition coefficient (Wildman–Crippen LogP) is 2.39. The quantitative estimate of drug-likeness (QED) is 0.934. The average molecular weight is 280 g/mol. The molecule has 0 aliphatic carbocycles. The van der Waals surface area contributed by atoms with E-state index in [1.54, 1.807) is 6.20 Å². The van der Waals surface area contributed by atoms with Gasteiger partial charge in [-0.05, 0) is 17.7 Å². The molecule has 1 heterocycles. The second-order valence-electron chi connectivity index (χ2n) is 3.74. The number of imidazole rings is 1. The number of nitrogens with two attached hydrogens (primary N) is 1. The lowest BCUT2D eigenvalue weighted by Gasteiger charge is -2.15. The average Bonchev–Trinajstić information content (AvgIpc) is 2.80. The van der Waals surface area contributed by atoms with E-state index in [1.165, 1.54) is 5.56 Å². The molecule has 2 rings (SSSR count). The summed E-state index contributed by atoms with van der Waals surface area (Å²) in [5, 5.41) is 0. The lowest BCUT2D eigenvalue weighted by molar-refractivity contribution is 0.566. The van der Waals surface area contributed by atoms with Gasteiger partial charge in [-0.3, -0.25) is 0 Å². The third-order valence-electron chi connectivity index (χ3n) is 2.62. The third-order valence-corrected chi connectivity index (χ3v) is 3.14. The van der Waals surface area contributed by atoms with E-state index in [1.807, 2.05) is 24.7 Å². The van der Waals surface area contributed by atoms with E-state index in [0.717, 1.165) is 11.0 Å². The molecule has 0 spiro atoms. The molecule has 0 bridgehead atoms. The zero-order valence-corrected chi connectivity index (χ0v) is 10.5. The van der Waals surface area contributed by atoms with Crippen molar-refractivity contribution in [2.45, 2.75) is 12.5 Å². The molecule has 0 radical (unpaired) electrons. The first-order valence-corrected chi connectivity index (χ1v) is 6.00. The van der Waals surface area contributed by atoms with E-state index in [2.05, 4.69) is 37.6 Å². The Morgan fingerprint density at radius 3 is 2.62 bits per heavy atom. The Hall–Kier alpha value is -1.13. The number of aromatic nitrogens is 2. The van der Waals surface area contributed by atoms with Gasteiger partial charge in [-0.1, -0.05) is 28.1 Å². The zero-order valence-electron chi connectivity index (χ0n) is 8.88. The molecule has 0 aliphatic heterocycles. The fourth-order valence-corrected chi connectivity index (χ4v) is 1.96. The Morgan fingerprint density at radius 2 is 2.06 bits per heavy atom. The van der Waals surface area contributed by atoms with Crippen molar-refractivity contribution in [3.8, 4) is 0 Å². The molecule has 1 aromatic carbocycles. The molecule has 0 saturated heterocycles. The molecule has 0 saturated carbocycles. The molecule has 0 aliphatic rings. The van der Waals surface area contributed by atoms with Gasteiger partial charge in [0.2, 0.25) is 0 Å². The first-order chi connectivity index (χ1) is 7.79. The molecule has 2 N–H and O–H groups in total. The van der Waals surface area contributed by atoms with E-state index in [9.17, 15) is 0 Å². The van der Waals surface area contributed by atoms with E-state index in [4.69, 9.17) is 5.73 Å². The summed E-state index contributed by atoms with van der Waals surface area (Å²) in [5.74, 6) is 0.335. The predicted molar refractivity (Wildman–Crippen MR) is 68.2 cm³/mol. The van der Waals surface area contributed by atoms with Gasteiger partial charge in [0.1, 0.15) is 0 Å². The Labute approximate surface area is 103 Å². The van der Waals surface area contributed by atoms with Crippen molar-refractivity contribution >= 4 is 15.9 Å². The van der Waals surface area contributed by atoms with Gasteiger partial charge in [-0.15, -0.1) is 0 Å². The van der Waals surface area contributed by atoms with Gasteiger partial charge < -0.3 is 10.3 Å². The highest BCUT2D eigenvalue weighted by atomic mass is 79.9. The van der Waals surface area contributed by atoms with Crippen LogP contribution >= 0.6 is 15.9 Å². The van der Waals surface area contributed by atoms with Crippen molar-refractivity contribution in [3.05, 3.63) is 53.0 Å². The van der Waals surface area contributed by atoms with Crippen LogP contribution in [0.5, 0.6) is 0 Å². The maximum absolute atomic E-state index is 5.81. The number of hydrogen-bond donors (Lipinski definition) is 1. The van der Waals surface area contributed by atoms with Crippen LogP contribution in [0.1, 0.15) is 11.5 Å². The molecular formula is C12H14BrN3. The molecular weight excluding hydrogens is 266 g/mol. The fourth-order valence-electron chi connectivity index (χ4n) is 1.70. The molecule has 1 unspecified atom stereocenters. The van der Waals surface area contributed by atoms with E-state index in [0.29, 0.717) is 12.5 Å². The molecule has 16 heavy (non-hydrogen) atoms. The number of benzene rings is 1. The molecule has 0 fully saturated rings. The van der Waals surface area contributed by atoms with Gasteiger partial charge in [-0.25, -0.2) is 4.98 Å². The molecule has 1 atom stereocenters. The summed E-state index contributed by atoms with van der Waals surface area (Å²) < 4.78 is 3.15. The molecule has 84 valence electrons. The van der Waals surface area contributed by atoms with Crippen LogP contribution in [-0.2, 0) is 6.54 Å². The third kappa shape index (κ3) is 2.71. The van der Waals surface area contributed by atoms with Gasteiger partial charge in [0.15, 0.2) is 0 Å². The van der Waals surface area contributed by atoms with Crippen molar-refractivity contribution in [3.63, 3.8) is 0 Å². The van der Waals surface area contributed by atoms with Crippen LogP contribution in [0.3, 0.4) is 0 Å². The number of rotatable bonds is 4. The minimum Gasteiger partial charge on any atom is -0.337 e. The first kappa shape index (κ1) is 11.4. The summed E-state index contributed by atoms with van der Waals surface area (Å²) in [6.07, 6.45) is 5.57. The molecule has 2 aromatic rings. The first-order valence-electron chi connectivity index (χ1n) is 5.21. The maximum atomic E-state index is 5.81. The van der Waals surface area contributed by atoms with E-state index in [-0.39, 0.29) is 0 Å². The highest BCUT2D eigenvalue weighted by Gasteiger charge is 2.09. The van der Waals surface area contributed by atoms with Crippen LogP contribution in [0, 0.1) is 0 Å². The van der Waals surface area contributed by atoms with E-state index >= 15 is 0 Å². The van der Waals surface area contributed by atoms with Crippen LogP contribution in [-0.4, -0.2) is 16.1 Å². The highest BCUT2D eigenvalue weighted by molar-refractivity contribution is 9.10. The summed E-state index contributed by atoms with van der Waals surface area (Å²) in [5.41, 5.74) is 7.08. The summed E-state index contributed by atoms with van der Waals surface area (Å²) in [6, 6.07) is 8.31. The maximum Gasteiger partial charge on any atom is 0.0946 e. The largest absolute Gasteiger partial charge is 0.337 e. The molecule has 1 aromatic heterocycles. The number of halogens is 1. The van der Waals surface area contributed by atoms with Crippen molar-refractivity contribution in [2.75, 3.05) is 6.54 Å². The molecule has 3 nitrogen and oxygen atoms in total. The van der Waals surface area contributed by atoms with E-state index < -0.39 is 0 Å². The lowest BCUT2D eigenvalue weighted by atomic mass is 9.99. The summed E-state index contributed by atoms with van der Waals surface area (Å²) >= 11 is 3.43. The van der Waals surface area contributed by atoms with Crippen LogP contribution in [0.25, 0.3) is 0 Å². The topological polar surface area (TPSA) is 43.8 Å².